The van der Waals surface area contributed by atoms with Crippen molar-refractivity contribution < 1.29 is 8.42 Å². The fourth-order valence-electron chi connectivity index (χ4n) is 2.55. The summed E-state index contributed by atoms with van der Waals surface area (Å²) in [6, 6.07) is 2.10. The summed E-state index contributed by atoms with van der Waals surface area (Å²) in [7, 11) is -2.84. The zero-order valence-corrected chi connectivity index (χ0v) is 12.5. The maximum absolute atomic E-state index is 11.7. The number of nitrogens with one attached hydrogen (secondary N) is 1. The summed E-state index contributed by atoms with van der Waals surface area (Å²) in [4.78, 5) is 0. The van der Waals surface area contributed by atoms with Crippen LogP contribution >= 0.6 is 0 Å². The molecule has 1 aromatic heterocycles. The minimum atomic E-state index is -2.84. The molecule has 0 spiro atoms. The Bertz CT molecular complexity index is 522. The smallest absolute Gasteiger partial charge is 0.154 e. The Kier molecular flexibility index (Phi) is 4.62. The van der Waals surface area contributed by atoms with Gasteiger partial charge >= 0.3 is 0 Å². The van der Waals surface area contributed by atoms with Crippen molar-refractivity contribution in [3.63, 3.8) is 0 Å². The van der Waals surface area contributed by atoms with Crippen LogP contribution in [0.5, 0.6) is 0 Å². The van der Waals surface area contributed by atoms with Gasteiger partial charge in [0.05, 0.1) is 22.4 Å². The molecule has 0 saturated carbocycles. The second kappa shape index (κ2) is 6.05. The third-order valence-electron chi connectivity index (χ3n) is 3.72. The molecule has 0 amide bonds. The molecule has 6 heteroatoms. The molecule has 108 valence electrons. The molecule has 0 bridgehead atoms. The van der Waals surface area contributed by atoms with Gasteiger partial charge in [-0.2, -0.15) is 5.10 Å². The van der Waals surface area contributed by atoms with Gasteiger partial charge in [0.1, 0.15) is 0 Å². The number of rotatable bonds is 6. The number of aryl methyl sites for hydroxylation is 2. The van der Waals surface area contributed by atoms with Crippen molar-refractivity contribution in [1.29, 1.82) is 0 Å². The van der Waals surface area contributed by atoms with Gasteiger partial charge in [0.25, 0.3) is 0 Å². The average Bonchev–Trinajstić information content (AvgIpc) is 2.93. The minimum Gasteiger partial charge on any atom is -0.310 e. The van der Waals surface area contributed by atoms with Crippen LogP contribution in [0.25, 0.3) is 0 Å². The van der Waals surface area contributed by atoms with E-state index in [0.717, 1.165) is 37.2 Å². The molecule has 2 rings (SSSR count). The molecule has 1 N–H and O–H groups in total. The SMILES string of the molecule is CCc1cc(CNCC2CCCS2(=O)=O)n(CC)n1. The number of sulfone groups is 1. The highest BCUT2D eigenvalue weighted by atomic mass is 32.2. The van der Waals surface area contributed by atoms with E-state index in [-0.39, 0.29) is 5.25 Å². The molecule has 1 aliphatic heterocycles. The van der Waals surface area contributed by atoms with Gasteiger partial charge in [0.2, 0.25) is 0 Å². The number of aromatic nitrogens is 2. The second-order valence-electron chi connectivity index (χ2n) is 5.06. The minimum absolute atomic E-state index is 0.198. The van der Waals surface area contributed by atoms with E-state index in [1.807, 2.05) is 4.68 Å². The molecule has 1 saturated heterocycles. The highest BCUT2D eigenvalue weighted by molar-refractivity contribution is 7.92. The molecule has 19 heavy (non-hydrogen) atoms. The van der Waals surface area contributed by atoms with E-state index >= 15 is 0 Å². The summed E-state index contributed by atoms with van der Waals surface area (Å²) in [6.45, 7) is 6.24. The van der Waals surface area contributed by atoms with Crippen LogP contribution in [0.3, 0.4) is 0 Å². The van der Waals surface area contributed by atoms with E-state index in [1.165, 1.54) is 0 Å². The summed E-state index contributed by atoms with van der Waals surface area (Å²) < 4.78 is 25.4. The number of hydrogen-bond acceptors (Lipinski definition) is 4. The zero-order valence-electron chi connectivity index (χ0n) is 11.7. The molecular formula is C13H23N3O2S. The van der Waals surface area contributed by atoms with Gasteiger partial charge in [-0.3, -0.25) is 4.68 Å². The van der Waals surface area contributed by atoms with Crippen molar-refractivity contribution in [3.8, 4) is 0 Å². The normalized spacial score (nSPS) is 21.9. The van der Waals surface area contributed by atoms with E-state index in [0.29, 0.717) is 18.8 Å². The van der Waals surface area contributed by atoms with Crippen LogP contribution < -0.4 is 5.32 Å². The number of nitrogens with zero attached hydrogens (tertiary/aromatic N) is 2. The van der Waals surface area contributed by atoms with Crippen molar-refractivity contribution in [3.05, 3.63) is 17.5 Å². The van der Waals surface area contributed by atoms with Crippen LogP contribution in [-0.4, -0.2) is 35.7 Å². The maximum Gasteiger partial charge on any atom is 0.154 e. The lowest BCUT2D eigenvalue weighted by Gasteiger charge is -2.11. The lowest BCUT2D eigenvalue weighted by Crippen LogP contribution is -2.30. The molecule has 1 aromatic rings. The first-order valence-electron chi connectivity index (χ1n) is 7.04. The van der Waals surface area contributed by atoms with Crippen LogP contribution in [-0.2, 0) is 29.3 Å². The summed E-state index contributed by atoms with van der Waals surface area (Å²) in [5.74, 6) is 0.353. The predicted molar refractivity (Wildman–Crippen MR) is 75.8 cm³/mol. The molecule has 5 nitrogen and oxygen atoms in total. The van der Waals surface area contributed by atoms with Crippen LogP contribution in [0, 0.1) is 0 Å². The van der Waals surface area contributed by atoms with Gasteiger partial charge in [-0.05, 0) is 32.3 Å². The largest absolute Gasteiger partial charge is 0.310 e. The van der Waals surface area contributed by atoms with Gasteiger partial charge in [0.15, 0.2) is 9.84 Å². The van der Waals surface area contributed by atoms with Gasteiger partial charge in [-0.15, -0.1) is 0 Å². The fraction of sp³-hybridized carbons (Fsp3) is 0.769. The highest BCUT2D eigenvalue weighted by Gasteiger charge is 2.30. The van der Waals surface area contributed by atoms with Gasteiger partial charge in [-0.1, -0.05) is 6.92 Å². The van der Waals surface area contributed by atoms with Crippen LogP contribution in [0.15, 0.2) is 6.07 Å². The van der Waals surface area contributed by atoms with E-state index in [2.05, 4.69) is 30.3 Å². The van der Waals surface area contributed by atoms with Crippen molar-refractivity contribution in [2.24, 2.45) is 0 Å². The number of hydrogen-bond donors (Lipinski definition) is 1. The third-order valence-corrected chi connectivity index (χ3v) is 5.99. The lowest BCUT2D eigenvalue weighted by molar-refractivity contribution is 0.553. The van der Waals surface area contributed by atoms with Crippen LogP contribution in [0.4, 0.5) is 0 Å². The first-order chi connectivity index (χ1) is 9.06. The molecule has 0 aromatic carbocycles. The van der Waals surface area contributed by atoms with Gasteiger partial charge < -0.3 is 5.32 Å². The predicted octanol–water partition coefficient (Wildman–Crippen LogP) is 1.13. The Morgan fingerprint density at radius 3 is 2.84 bits per heavy atom. The first kappa shape index (κ1) is 14.5. The molecule has 1 fully saturated rings. The molecule has 0 radical (unpaired) electrons. The highest BCUT2D eigenvalue weighted by Crippen LogP contribution is 2.19. The van der Waals surface area contributed by atoms with Crippen molar-refractivity contribution in [2.75, 3.05) is 12.3 Å². The first-order valence-corrected chi connectivity index (χ1v) is 8.76. The van der Waals surface area contributed by atoms with E-state index in [1.54, 1.807) is 0 Å². The quantitative estimate of drug-likeness (QED) is 0.851. The summed E-state index contributed by atoms with van der Waals surface area (Å²) in [6.07, 6.45) is 2.53. The third kappa shape index (κ3) is 3.36. The van der Waals surface area contributed by atoms with Crippen molar-refractivity contribution in [1.82, 2.24) is 15.1 Å². The Labute approximate surface area is 115 Å². The topological polar surface area (TPSA) is 64.0 Å². The summed E-state index contributed by atoms with van der Waals surface area (Å²) >= 11 is 0. The molecule has 1 unspecified atom stereocenters. The Morgan fingerprint density at radius 1 is 1.47 bits per heavy atom. The van der Waals surface area contributed by atoms with Crippen LogP contribution in [0.1, 0.15) is 38.1 Å². The second-order valence-corrected chi connectivity index (χ2v) is 7.46. The van der Waals surface area contributed by atoms with Crippen molar-refractivity contribution in [2.45, 2.75) is 51.4 Å². The Morgan fingerprint density at radius 2 is 2.26 bits per heavy atom. The average molecular weight is 285 g/mol. The van der Waals surface area contributed by atoms with E-state index in [4.69, 9.17) is 0 Å². The van der Waals surface area contributed by atoms with E-state index in [9.17, 15) is 8.42 Å². The Balaban J connectivity index is 1.90. The molecule has 1 aliphatic rings. The van der Waals surface area contributed by atoms with Gasteiger partial charge in [-0.25, -0.2) is 8.42 Å². The monoisotopic (exact) mass is 285 g/mol. The standard InChI is InChI=1S/C13H23N3O2S/c1-3-11-8-12(16(4-2)15-11)9-14-10-13-6-5-7-19(13,17)18/h8,13-14H,3-7,9-10H2,1-2H3. The molecule has 1 atom stereocenters. The van der Waals surface area contributed by atoms with Crippen molar-refractivity contribution >= 4 is 9.84 Å². The fourth-order valence-corrected chi connectivity index (χ4v) is 4.35. The summed E-state index contributed by atoms with van der Waals surface area (Å²) in [5, 5.41) is 7.56. The molecule has 2 heterocycles. The Hall–Kier alpha value is -0.880. The van der Waals surface area contributed by atoms with Gasteiger partial charge in [0, 0.05) is 19.6 Å². The van der Waals surface area contributed by atoms with E-state index < -0.39 is 9.84 Å². The molecular weight excluding hydrogens is 262 g/mol. The zero-order chi connectivity index (χ0) is 13.9. The maximum atomic E-state index is 11.7. The van der Waals surface area contributed by atoms with Crippen LogP contribution in [0.2, 0.25) is 0 Å². The molecule has 0 aliphatic carbocycles. The summed E-state index contributed by atoms with van der Waals surface area (Å²) in [5.41, 5.74) is 2.22. The lowest BCUT2D eigenvalue weighted by atomic mass is 10.2.